The Balaban J connectivity index is 1.94. The van der Waals surface area contributed by atoms with E-state index in [1.807, 2.05) is 0 Å². The normalized spacial score (nSPS) is 30.1. The molecule has 1 N–H and O–H groups in total. The summed E-state index contributed by atoms with van der Waals surface area (Å²) in [6.07, 6.45) is 3.35. The fraction of sp³-hybridized carbons (Fsp3) is 1.00. The van der Waals surface area contributed by atoms with Crippen molar-refractivity contribution in [2.24, 2.45) is 5.92 Å². The molecule has 82 valence electrons. The quantitative estimate of drug-likeness (QED) is 0.737. The molecule has 1 saturated carbocycles. The Kier molecular flexibility index (Phi) is 2.81. The molecule has 0 aromatic rings. The molecule has 1 atom stereocenters. The number of hydrogen-bond acceptors (Lipinski definition) is 3. The molecular weight excluding hydrogens is 202 g/mol. The maximum atomic E-state index is 11.6. The van der Waals surface area contributed by atoms with Crippen LogP contribution in [0, 0.1) is 5.92 Å². The SMILES string of the molecule is O=S1(=O)CCCCN1CC(O)C1CC1. The van der Waals surface area contributed by atoms with E-state index in [1.165, 1.54) is 4.31 Å². The van der Waals surface area contributed by atoms with Crippen LogP contribution in [0.3, 0.4) is 0 Å². The van der Waals surface area contributed by atoms with E-state index in [4.69, 9.17) is 0 Å². The van der Waals surface area contributed by atoms with Gasteiger partial charge in [0.05, 0.1) is 11.9 Å². The van der Waals surface area contributed by atoms with Crippen molar-refractivity contribution in [1.82, 2.24) is 4.31 Å². The predicted molar refractivity (Wildman–Crippen MR) is 53.3 cm³/mol. The largest absolute Gasteiger partial charge is 0.391 e. The molecular formula is C9H17NO3S. The second kappa shape index (κ2) is 3.79. The zero-order chi connectivity index (χ0) is 10.2. The highest BCUT2D eigenvalue weighted by Gasteiger charge is 2.34. The van der Waals surface area contributed by atoms with Crippen molar-refractivity contribution in [2.45, 2.75) is 31.8 Å². The van der Waals surface area contributed by atoms with Gasteiger partial charge in [0.25, 0.3) is 0 Å². The molecule has 0 bridgehead atoms. The Bertz CT molecular complexity index is 297. The molecule has 14 heavy (non-hydrogen) atoms. The van der Waals surface area contributed by atoms with Crippen LogP contribution in [0.25, 0.3) is 0 Å². The molecule has 0 aromatic carbocycles. The fourth-order valence-electron chi connectivity index (χ4n) is 1.88. The van der Waals surface area contributed by atoms with Gasteiger partial charge in [0, 0.05) is 13.1 Å². The van der Waals surface area contributed by atoms with Gasteiger partial charge in [0.1, 0.15) is 0 Å². The minimum atomic E-state index is -3.05. The van der Waals surface area contributed by atoms with Crippen LogP contribution >= 0.6 is 0 Å². The number of nitrogens with zero attached hydrogens (tertiary/aromatic N) is 1. The first kappa shape index (κ1) is 10.4. The van der Waals surface area contributed by atoms with Gasteiger partial charge in [0.15, 0.2) is 0 Å². The minimum Gasteiger partial charge on any atom is -0.391 e. The first-order chi connectivity index (χ1) is 6.59. The van der Waals surface area contributed by atoms with Crippen molar-refractivity contribution in [3.8, 4) is 0 Å². The second-order valence-electron chi connectivity index (χ2n) is 4.29. The van der Waals surface area contributed by atoms with Gasteiger partial charge in [-0.1, -0.05) is 0 Å². The fourth-order valence-corrected chi connectivity index (χ4v) is 3.50. The van der Waals surface area contributed by atoms with Crippen molar-refractivity contribution in [3.05, 3.63) is 0 Å². The van der Waals surface area contributed by atoms with Gasteiger partial charge < -0.3 is 5.11 Å². The van der Waals surface area contributed by atoms with Gasteiger partial charge in [-0.3, -0.25) is 0 Å². The summed E-state index contributed by atoms with van der Waals surface area (Å²) >= 11 is 0. The van der Waals surface area contributed by atoms with Gasteiger partial charge >= 0.3 is 0 Å². The van der Waals surface area contributed by atoms with Gasteiger partial charge in [-0.05, 0) is 31.6 Å². The summed E-state index contributed by atoms with van der Waals surface area (Å²) in [5, 5.41) is 9.67. The van der Waals surface area contributed by atoms with Gasteiger partial charge in [-0.2, -0.15) is 4.31 Å². The number of hydrogen-bond donors (Lipinski definition) is 1. The molecule has 1 aliphatic carbocycles. The first-order valence-corrected chi connectivity index (χ1v) is 6.86. The molecule has 1 heterocycles. The Morgan fingerprint density at radius 2 is 2.07 bits per heavy atom. The summed E-state index contributed by atoms with van der Waals surface area (Å²) < 4.78 is 24.6. The molecule has 0 radical (unpaired) electrons. The van der Waals surface area contributed by atoms with Crippen molar-refractivity contribution in [1.29, 1.82) is 0 Å². The van der Waals surface area contributed by atoms with Crippen LogP contribution in [0.4, 0.5) is 0 Å². The van der Waals surface area contributed by atoms with Crippen LogP contribution < -0.4 is 0 Å². The van der Waals surface area contributed by atoms with Crippen LogP contribution in [0.1, 0.15) is 25.7 Å². The monoisotopic (exact) mass is 219 g/mol. The van der Waals surface area contributed by atoms with Crippen LogP contribution in [0.15, 0.2) is 0 Å². The number of sulfonamides is 1. The molecule has 0 aromatic heterocycles. The topological polar surface area (TPSA) is 57.6 Å². The van der Waals surface area contributed by atoms with Crippen molar-refractivity contribution < 1.29 is 13.5 Å². The van der Waals surface area contributed by atoms with Crippen LogP contribution in [0.5, 0.6) is 0 Å². The zero-order valence-electron chi connectivity index (χ0n) is 8.22. The van der Waals surface area contributed by atoms with E-state index in [9.17, 15) is 13.5 Å². The Morgan fingerprint density at radius 1 is 1.36 bits per heavy atom. The Morgan fingerprint density at radius 3 is 2.64 bits per heavy atom. The highest BCUT2D eigenvalue weighted by Crippen LogP contribution is 2.33. The Labute approximate surface area is 85.0 Å². The highest BCUT2D eigenvalue weighted by atomic mass is 32.2. The van der Waals surface area contributed by atoms with Crippen LogP contribution in [-0.2, 0) is 10.0 Å². The van der Waals surface area contributed by atoms with E-state index < -0.39 is 16.1 Å². The van der Waals surface area contributed by atoms with Crippen LogP contribution in [0.2, 0.25) is 0 Å². The number of aliphatic hydroxyl groups is 1. The molecule has 1 saturated heterocycles. The molecule has 4 nitrogen and oxygen atoms in total. The summed E-state index contributed by atoms with van der Waals surface area (Å²) in [7, 11) is -3.05. The lowest BCUT2D eigenvalue weighted by Crippen LogP contribution is -2.42. The number of β-amino-alcohol motifs (C(OH)–C–C–N with tert-alkyl or cyclic N) is 1. The van der Waals surface area contributed by atoms with Gasteiger partial charge in [-0.15, -0.1) is 0 Å². The molecule has 1 unspecified atom stereocenters. The van der Waals surface area contributed by atoms with E-state index in [-0.39, 0.29) is 5.75 Å². The third-order valence-electron chi connectivity index (χ3n) is 3.01. The van der Waals surface area contributed by atoms with Crippen molar-refractivity contribution >= 4 is 10.0 Å². The molecule has 0 amide bonds. The summed E-state index contributed by atoms with van der Waals surface area (Å²) in [4.78, 5) is 0. The lowest BCUT2D eigenvalue weighted by atomic mass is 10.2. The standard InChI is InChI=1S/C9H17NO3S/c11-9(8-3-4-8)7-10-5-1-2-6-14(10,12)13/h8-9,11H,1-7H2. The Hall–Kier alpha value is -0.130. The first-order valence-electron chi connectivity index (χ1n) is 5.25. The zero-order valence-corrected chi connectivity index (χ0v) is 9.04. The predicted octanol–water partition coefficient (Wildman–Crippen LogP) is 0.183. The maximum Gasteiger partial charge on any atom is 0.214 e. The van der Waals surface area contributed by atoms with E-state index in [1.54, 1.807) is 0 Å². The minimum absolute atomic E-state index is 0.254. The average molecular weight is 219 g/mol. The summed E-state index contributed by atoms with van der Waals surface area (Å²) in [5.41, 5.74) is 0. The summed E-state index contributed by atoms with van der Waals surface area (Å²) in [5.74, 6) is 0.608. The molecule has 0 spiro atoms. The summed E-state index contributed by atoms with van der Waals surface area (Å²) in [6.45, 7) is 0.902. The van der Waals surface area contributed by atoms with E-state index >= 15 is 0 Å². The number of aliphatic hydroxyl groups excluding tert-OH is 1. The molecule has 2 fully saturated rings. The number of rotatable bonds is 3. The maximum absolute atomic E-state index is 11.6. The van der Waals surface area contributed by atoms with Crippen molar-refractivity contribution in [2.75, 3.05) is 18.8 Å². The van der Waals surface area contributed by atoms with Gasteiger partial charge in [-0.25, -0.2) is 8.42 Å². The average Bonchev–Trinajstić information content (AvgIpc) is 2.91. The molecule has 2 rings (SSSR count). The lowest BCUT2D eigenvalue weighted by Gasteiger charge is -2.28. The lowest BCUT2D eigenvalue weighted by molar-refractivity contribution is 0.123. The van der Waals surface area contributed by atoms with Crippen molar-refractivity contribution in [3.63, 3.8) is 0 Å². The third-order valence-corrected chi connectivity index (χ3v) is 4.93. The van der Waals surface area contributed by atoms with E-state index in [0.717, 1.165) is 25.7 Å². The van der Waals surface area contributed by atoms with E-state index in [2.05, 4.69) is 0 Å². The second-order valence-corrected chi connectivity index (χ2v) is 6.37. The molecule has 2 aliphatic rings. The van der Waals surface area contributed by atoms with Gasteiger partial charge in [0.2, 0.25) is 10.0 Å². The van der Waals surface area contributed by atoms with E-state index in [0.29, 0.717) is 19.0 Å². The smallest absolute Gasteiger partial charge is 0.214 e. The van der Waals surface area contributed by atoms with Crippen LogP contribution in [-0.4, -0.2) is 42.8 Å². The molecule has 5 heteroatoms. The highest BCUT2D eigenvalue weighted by molar-refractivity contribution is 7.89. The third kappa shape index (κ3) is 2.27. The molecule has 1 aliphatic heterocycles. The summed E-state index contributed by atoms with van der Waals surface area (Å²) in [6, 6.07) is 0.